The van der Waals surface area contributed by atoms with E-state index in [0.29, 0.717) is 5.56 Å². The molecule has 0 aliphatic carbocycles. The molecule has 0 aliphatic rings. The van der Waals surface area contributed by atoms with Crippen LogP contribution in [0.1, 0.15) is 10.4 Å². The average Bonchev–Trinajstić information content (AvgIpc) is 2.48. The highest BCUT2D eigenvalue weighted by atomic mass is 19.1. The molecule has 0 aromatic heterocycles. The van der Waals surface area contributed by atoms with Crippen LogP contribution in [0.4, 0.5) is 15.8 Å². The highest BCUT2D eigenvalue weighted by Crippen LogP contribution is 2.16. The maximum absolute atomic E-state index is 13.0. The zero-order chi connectivity index (χ0) is 14.5. The van der Waals surface area contributed by atoms with Crippen LogP contribution in [0.5, 0.6) is 5.75 Å². The Morgan fingerprint density at radius 1 is 1.25 bits per heavy atom. The molecule has 0 saturated carbocycles. The van der Waals surface area contributed by atoms with Crippen LogP contribution in [0.25, 0.3) is 0 Å². The predicted octanol–water partition coefficient (Wildman–Crippen LogP) is 2.71. The van der Waals surface area contributed by atoms with E-state index in [9.17, 15) is 9.18 Å². The van der Waals surface area contributed by atoms with Gasteiger partial charge in [-0.2, -0.15) is 0 Å². The fraction of sp³-hybridized carbons (Fsp3) is 0.133. The number of rotatable bonds is 5. The molecule has 5 heteroatoms. The van der Waals surface area contributed by atoms with Gasteiger partial charge in [-0.1, -0.05) is 0 Å². The van der Waals surface area contributed by atoms with Gasteiger partial charge >= 0.3 is 0 Å². The standard InChI is InChI=1S/C15H15FN2O2/c1-20-12-5-3-11(4-6-12)18-9-15(19)10-2-7-13(16)14(17)8-10/h2-8,18H,9,17H2,1H3. The first-order chi connectivity index (χ1) is 9.60. The van der Waals surface area contributed by atoms with Crippen LogP contribution in [0.2, 0.25) is 0 Å². The minimum atomic E-state index is -0.523. The second-order valence-corrected chi connectivity index (χ2v) is 4.24. The monoisotopic (exact) mass is 274 g/mol. The van der Waals surface area contributed by atoms with Gasteiger partial charge in [0.15, 0.2) is 5.78 Å². The quantitative estimate of drug-likeness (QED) is 0.650. The molecular formula is C15H15FN2O2. The summed E-state index contributed by atoms with van der Waals surface area (Å²) in [4.78, 5) is 11.9. The number of anilines is 2. The third-order valence-corrected chi connectivity index (χ3v) is 2.86. The van der Waals surface area contributed by atoms with Gasteiger partial charge in [-0.3, -0.25) is 4.79 Å². The van der Waals surface area contributed by atoms with Crippen molar-refractivity contribution in [2.24, 2.45) is 0 Å². The maximum Gasteiger partial charge on any atom is 0.181 e. The number of nitrogen functional groups attached to an aromatic ring is 1. The second kappa shape index (κ2) is 6.06. The van der Waals surface area contributed by atoms with Crippen molar-refractivity contribution >= 4 is 17.2 Å². The van der Waals surface area contributed by atoms with E-state index < -0.39 is 5.82 Å². The van der Waals surface area contributed by atoms with Crippen molar-refractivity contribution in [3.63, 3.8) is 0 Å². The summed E-state index contributed by atoms with van der Waals surface area (Å²) in [6.07, 6.45) is 0. The molecule has 104 valence electrons. The van der Waals surface area contributed by atoms with Crippen molar-refractivity contribution in [3.8, 4) is 5.75 Å². The highest BCUT2D eigenvalue weighted by Gasteiger charge is 2.08. The molecule has 0 unspecified atom stereocenters. The molecule has 2 aromatic carbocycles. The lowest BCUT2D eigenvalue weighted by Crippen LogP contribution is -2.14. The molecule has 0 fully saturated rings. The number of hydrogen-bond acceptors (Lipinski definition) is 4. The van der Waals surface area contributed by atoms with E-state index >= 15 is 0 Å². The van der Waals surface area contributed by atoms with Crippen LogP contribution in [-0.2, 0) is 0 Å². The molecule has 0 radical (unpaired) electrons. The maximum atomic E-state index is 13.0. The lowest BCUT2D eigenvalue weighted by molar-refractivity contribution is 0.101. The molecule has 20 heavy (non-hydrogen) atoms. The molecule has 0 spiro atoms. The van der Waals surface area contributed by atoms with Gasteiger partial charge < -0.3 is 15.8 Å². The summed E-state index contributed by atoms with van der Waals surface area (Å²) in [7, 11) is 1.59. The van der Waals surface area contributed by atoms with E-state index in [4.69, 9.17) is 10.5 Å². The first kappa shape index (κ1) is 13.9. The number of methoxy groups -OCH3 is 1. The molecule has 3 N–H and O–H groups in total. The van der Waals surface area contributed by atoms with Gasteiger partial charge in [0.2, 0.25) is 0 Å². The molecular weight excluding hydrogens is 259 g/mol. The van der Waals surface area contributed by atoms with Crippen molar-refractivity contribution in [1.29, 1.82) is 0 Å². The third-order valence-electron chi connectivity index (χ3n) is 2.86. The minimum absolute atomic E-state index is 0.0275. The fourth-order valence-electron chi connectivity index (χ4n) is 1.71. The predicted molar refractivity (Wildman–Crippen MR) is 76.6 cm³/mol. The minimum Gasteiger partial charge on any atom is -0.497 e. The molecule has 0 amide bonds. The molecule has 0 aliphatic heterocycles. The third kappa shape index (κ3) is 3.26. The Kier molecular flexibility index (Phi) is 4.20. The van der Waals surface area contributed by atoms with Gasteiger partial charge in [0.1, 0.15) is 11.6 Å². The van der Waals surface area contributed by atoms with Crippen LogP contribution in [-0.4, -0.2) is 19.4 Å². The van der Waals surface area contributed by atoms with Crippen molar-refractivity contribution in [2.45, 2.75) is 0 Å². The molecule has 0 atom stereocenters. The van der Waals surface area contributed by atoms with E-state index in [2.05, 4.69) is 5.32 Å². The molecule has 2 rings (SSSR count). The zero-order valence-corrected chi connectivity index (χ0v) is 11.0. The second-order valence-electron chi connectivity index (χ2n) is 4.24. The number of Topliss-reactive ketones (excluding diaryl/α,β-unsaturated/α-hetero) is 1. The van der Waals surface area contributed by atoms with E-state index in [1.807, 2.05) is 12.1 Å². The van der Waals surface area contributed by atoms with Crippen LogP contribution >= 0.6 is 0 Å². The first-order valence-electron chi connectivity index (χ1n) is 6.06. The Morgan fingerprint density at radius 3 is 2.55 bits per heavy atom. The average molecular weight is 274 g/mol. The largest absolute Gasteiger partial charge is 0.497 e. The summed E-state index contributed by atoms with van der Waals surface area (Å²) >= 11 is 0. The van der Waals surface area contributed by atoms with Gasteiger partial charge in [-0.25, -0.2) is 4.39 Å². The summed E-state index contributed by atoms with van der Waals surface area (Å²) in [5.41, 5.74) is 6.59. The van der Waals surface area contributed by atoms with Gasteiger partial charge in [0, 0.05) is 11.3 Å². The normalized spacial score (nSPS) is 10.1. The first-order valence-corrected chi connectivity index (χ1v) is 6.06. The summed E-state index contributed by atoms with van der Waals surface area (Å²) < 4.78 is 18.1. The Morgan fingerprint density at radius 2 is 1.95 bits per heavy atom. The molecule has 0 bridgehead atoms. The van der Waals surface area contributed by atoms with Gasteiger partial charge in [-0.15, -0.1) is 0 Å². The summed E-state index contributed by atoms with van der Waals surface area (Å²) in [5.74, 6) is 0.0605. The van der Waals surface area contributed by atoms with Crippen molar-refractivity contribution in [1.82, 2.24) is 0 Å². The highest BCUT2D eigenvalue weighted by molar-refractivity contribution is 5.99. The topological polar surface area (TPSA) is 64.3 Å². The molecule has 0 heterocycles. The van der Waals surface area contributed by atoms with Crippen molar-refractivity contribution in [3.05, 3.63) is 53.8 Å². The Bertz CT molecular complexity index is 612. The summed E-state index contributed by atoms with van der Waals surface area (Å²) in [5, 5.41) is 2.99. The molecule has 4 nitrogen and oxygen atoms in total. The van der Waals surface area contributed by atoms with Gasteiger partial charge in [0.05, 0.1) is 19.3 Å². The number of benzene rings is 2. The van der Waals surface area contributed by atoms with E-state index in [0.717, 1.165) is 11.4 Å². The number of carbonyl (C=O) groups excluding carboxylic acids is 1. The Hall–Kier alpha value is -2.56. The van der Waals surface area contributed by atoms with E-state index in [1.54, 1.807) is 19.2 Å². The number of ether oxygens (including phenoxy) is 1. The summed E-state index contributed by atoms with van der Waals surface area (Å²) in [6, 6.07) is 11.2. The lowest BCUT2D eigenvalue weighted by Gasteiger charge is -2.07. The van der Waals surface area contributed by atoms with Gasteiger partial charge in [0.25, 0.3) is 0 Å². The van der Waals surface area contributed by atoms with Crippen molar-refractivity contribution < 1.29 is 13.9 Å². The molecule has 2 aromatic rings. The SMILES string of the molecule is COc1ccc(NCC(=O)c2ccc(F)c(N)c2)cc1. The smallest absolute Gasteiger partial charge is 0.181 e. The van der Waals surface area contributed by atoms with Gasteiger partial charge in [-0.05, 0) is 42.5 Å². The van der Waals surface area contributed by atoms with Crippen LogP contribution in [0.3, 0.4) is 0 Å². The number of nitrogens with two attached hydrogens (primary N) is 1. The number of hydrogen-bond donors (Lipinski definition) is 2. The van der Waals surface area contributed by atoms with E-state index in [-0.39, 0.29) is 18.0 Å². The van der Waals surface area contributed by atoms with Crippen LogP contribution in [0.15, 0.2) is 42.5 Å². The number of nitrogens with one attached hydrogen (secondary N) is 1. The van der Waals surface area contributed by atoms with Crippen LogP contribution in [0, 0.1) is 5.82 Å². The molecule has 0 saturated heterocycles. The number of halogens is 1. The number of ketones is 1. The lowest BCUT2D eigenvalue weighted by atomic mass is 10.1. The van der Waals surface area contributed by atoms with Crippen LogP contribution < -0.4 is 15.8 Å². The Balaban J connectivity index is 1.98. The van der Waals surface area contributed by atoms with E-state index in [1.165, 1.54) is 18.2 Å². The van der Waals surface area contributed by atoms with Crippen molar-refractivity contribution in [2.75, 3.05) is 24.7 Å². The number of carbonyl (C=O) groups is 1. The summed E-state index contributed by atoms with van der Waals surface area (Å²) in [6.45, 7) is 0.109. The Labute approximate surface area is 116 Å². The zero-order valence-electron chi connectivity index (χ0n) is 11.0. The fourth-order valence-corrected chi connectivity index (χ4v) is 1.71.